The van der Waals surface area contributed by atoms with E-state index in [1.54, 1.807) is 36.1 Å². The Morgan fingerprint density at radius 1 is 1.27 bits per heavy atom. The van der Waals surface area contributed by atoms with Gasteiger partial charge < -0.3 is 15.0 Å². The molecule has 1 heterocycles. The number of carbonyl (C=O) groups excluding carboxylic acids is 3. The molecule has 1 aromatic rings. The molecule has 22 heavy (non-hydrogen) atoms. The fraction of sp³-hybridized carbons (Fsp3) is 0.438. The number of benzene rings is 1. The summed E-state index contributed by atoms with van der Waals surface area (Å²) in [5, 5.41) is 2.54. The van der Waals surface area contributed by atoms with Gasteiger partial charge in [0.15, 0.2) is 0 Å². The lowest BCUT2D eigenvalue weighted by atomic mass is 10.1. The van der Waals surface area contributed by atoms with Gasteiger partial charge in [-0.1, -0.05) is 18.2 Å². The highest BCUT2D eigenvalue weighted by molar-refractivity contribution is 5.98. The summed E-state index contributed by atoms with van der Waals surface area (Å²) < 4.78 is 4.76. The molecule has 1 N–H and O–H groups in total. The molecule has 1 aromatic carbocycles. The van der Waals surface area contributed by atoms with Gasteiger partial charge in [-0.3, -0.25) is 14.4 Å². The van der Waals surface area contributed by atoms with Gasteiger partial charge in [0.25, 0.3) is 5.91 Å². The Labute approximate surface area is 129 Å². The van der Waals surface area contributed by atoms with E-state index in [9.17, 15) is 14.4 Å². The van der Waals surface area contributed by atoms with Crippen molar-refractivity contribution >= 4 is 17.8 Å². The Balaban J connectivity index is 1.97. The first-order valence-corrected chi connectivity index (χ1v) is 7.43. The molecule has 1 unspecified atom stereocenters. The first kappa shape index (κ1) is 16.0. The minimum absolute atomic E-state index is 0.158. The minimum atomic E-state index is -0.526. The second-order valence-electron chi connectivity index (χ2n) is 5.05. The van der Waals surface area contributed by atoms with Gasteiger partial charge >= 0.3 is 5.97 Å². The fourth-order valence-corrected chi connectivity index (χ4v) is 2.52. The molecular weight excluding hydrogens is 284 g/mol. The Morgan fingerprint density at radius 2 is 2.00 bits per heavy atom. The molecule has 1 fully saturated rings. The van der Waals surface area contributed by atoms with Crippen molar-refractivity contribution in [3.05, 3.63) is 35.9 Å². The third kappa shape index (κ3) is 3.84. The summed E-state index contributed by atoms with van der Waals surface area (Å²) in [7, 11) is 0. The summed E-state index contributed by atoms with van der Waals surface area (Å²) in [4.78, 5) is 37.5. The summed E-state index contributed by atoms with van der Waals surface area (Å²) in [6.07, 6.45) is 1.38. The largest absolute Gasteiger partial charge is 0.465 e. The predicted octanol–water partition coefficient (Wildman–Crippen LogP) is 0.970. The van der Waals surface area contributed by atoms with Crippen LogP contribution in [0.5, 0.6) is 0 Å². The molecule has 1 saturated heterocycles. The van der Waals surface area contributed by atoms with Crippen molar-refractivity contribution in [3.8, 4) is 0 Å². The van der Waals surface area contributed by atoms with Crippen LogP contribution in [-0.4, -0.2) is 48.4 Å². The molecule has 0 bridgehead atoms. The maximum absolute atomic E-state index is 12.5. The van der Waals surface area contributed by atoms with E-state index in [0.29, 0.717) is 18.5 Å². The van der Waals surface area contributed by atoms with Gasteiger partial charge in [-0.15, -0.1) is 0 Å². The van der Waals surface area contributed by atoms with Crippen LogP contribution < -0.4 is 5.32 Å². The van der Waals surface area contributed by atoms with Crippen molar-refractivity contribution in [2.75, 3.05) is 19.7 Å². The van der Waals surface area contributed by atoms with Crippen molar-refractivity contribution in [2.24, 2.45) is 0 Å². The van der Waals surface area contributed by atoms with Crippen LogP contribution in [-0.2, 0) is 14.3 Å². The van der Waals surface area contributed by atoms with E-state index in [4.69, 9.17) is 4.74 Å². The van der Waals surface area contributed by atoms with Crippen LogP contribution in [0, 0.1) is 0 Å². The van der Waals surface area contributed by atoms with Gasteiger partial charge in [0.2, 0.25) is 5.91 Å². The molecule has 118 valence electrons. The Morgan fingerprint density at radius 3 is 2.68 bits per heavy atom. The zero-order valence-corrected chi connectivity index (χ0v) is 12.6. The van der Waals surface area contributed by atoms with Crippen LogP contribution >= 0.6 is 0 Å². The highest BCUT2D eigenvalue weighted by atomic mass is 16.5. The highest BCUT2D eigenvalue weighted by Gasteiger charge is 2.34. The lowest BCUT2D eigenvalue weighted by molar-refractivity contribution is -0.143. The topological polar surface area (TPSA) is 75.7 Å². The van der Waals surface area contributed by atoms with Crippen molar-refractivity contribution in [2.45, 2.75) is 25.8 Å². The number of rotatable bonds is 5. The molecule has 0 aliphatic carbocycles. The first-order chi connectivity index (χ1) is 10.6. The summed E-state index contributed by atoms with van der Waals surface area (Å²) in [6.45, 7) is 2.36. The zero-order chi connectivity index (χ0) is 15.9. The predicted molar refractivity (Wildman–Crippen MR) is 80.1 cm³/mol. The average molecular weight is 304 g/mol. The van der Waals surface area contributed by atoms with Crippen LogP contribution in [0.25, 0.3) is 0 Å². The first-order valence-electron chi connectivity index (χ1n) is 7.43. The zero-order valence-electron chi connectivity index (χ0n) is 12.6. The average Bonchev–Trinajstić information content (AvgIpc) is 3.02. The van der Waals surface area contributed by atoms with Crippen molar-refractivity contribution in [1.82, 2.24) is 10.2 Å². The van der Waals surface area contributed by atoms with Crippen molar-refractivity contribution in [1.29, 1.82) is 0 Å². The number of likely N-dealkylation sites (tertiary alicyclic amines) is 1. The smallest absolute Gasteiger partial charge is 0.325 e. The fourth-order valence-electron chi connectivity index (χ4n) is 2.52. The number of nitrogens with one attached hydrogen (secondary N) is 1. The maximum atomic E-state index is 12.5. The van der Waals surface area contributed by atoms with E-state index >= 15 is 0 Å². The van der Waals surface area contributed by atoms with Crippen LogP contribution in [0.1, 0.15) is 30.1 Å². The van der Waals surface area contributed by atoms with Gasteiger partial charge in [-0.2, -0.15) is 0 Å². The lowest BCUT2D eigenvalue weighted by Gasteiger charge is -2.23. The summed E-state index contributed by atoms with van der Waals surface area (Å²) >= 11 is 0. The molecule has 0 radical (unpaired) electrons. The van der Waals surface area contributed by atoms with Crippen LogP contribution in [0.15, 0.2) is 30.3 Å². The quantitative estimate of drug-likeness (QED) is 0.823. The minimum Gasteiger partial charge on any atom is -0.465 e. The molecule has 0 aromatic heterocycles. The number of nitrogens with zero attached hydrogens (tertiary/aromatic N) is 1. The van der Waals surface area contributed by atoms with Crippen LogP contribution in [0.4, 0.5) is 0 Å². The molecule has 0 saturated carbocycles. The van der Waals surface area contributed by atoms with Crippen LogP contribution in [0.2, 0.25) is 0 Å². The van der Waals surface area contributed by atoms with Crippen LogP contribution in [0.3, 0.4) is 0 Å². The summed E-state index contributed by atoms with van der Waals surface area (Å²) in [5.74, 6) is -0.945. The van der Waals surface area contributed by atoms with E-state index in [1.807, 2.05) is 6.07 Å². The number of hydrogen-bond acceptors (Lipinski definition) is 4. The normalized spacial score (nSPS) is 17.1. The van der Waals surface area contributed by atoms with E-state index in [-0.39, 0.29) is 25.0 Å². The van der Waals surface area contributed by atoms with E-state index in [2.05, 4.69) is 5.32 Å². The maximum Gasteiger partial charge on any atom is 0.325 e. The second-order valence-corrected chi connectivity index (χ2v) is 5.05. The number of ether oxygens (including phenoxy) is 1. The van der Waals surface area contributed by atoms with Gasteiger partial charge in [0.1, 0.15) is 12.6 Å². The Bertz CT molecular complexity index is 544. The van der Waals surface area contributed by atoms with Gasteiger partial charge in [0.05, 0.1) is 6.61 Å². The van der Waals surface area contributed by atoms with Gasteiger partial charge in [0, 0.05) is 12.1 Å². The van der Waals surface area contributed by atoms with Gasteiger partial charge in [-0.25, -0.2) is 0 Å². The molecule has 2 rings (SSSR count). The Kier molecular flexibility index (Phi) is 5.52. The number of hydrogen-bond donors (Lipinski definition) is 1. The van der Waals surface area contributed by atoms with E-state index in [0.717, 1.165) is 6.42 Å². The standard InChI is InChI=1S/C16H20N2O4/c1-2-22-14(19)11-17-15(20)13-9-6-10-18(13)16(21)12-7-4-3-5-8-12/h3-5,7-8,13H,2,6,9-11H2,1H3,(H,17,20). The number of amides is 2. The monoisotopic (exact) mass is 304 g/mol. The third-order valence-electron chi connectivity index (χ3n) is 3.55. The second kappa shape index (κ2) is 7.59. The molecule has 1 aliphatic heterocycles. The molecule has 2 amide bonds. The van der Waals surface area contributed by atoms with Gasteiger partial charge in [-0.05, 0) is 31.9 Å². The Hall–Kier alpha value is -2.37. The van der Waals surface area contributed by atoms with Crippen molar-refractivity contribution in [3.63, 3.8) is 0 Å². The molecule has 6 nitrogen and oxygen atoms in total. The number of esters is 1. The molecule has 0 spiro atoms. The van der Waals surface area contributed by atoms with E-state index < -0.39 is 12.0 Å². The molecular formula is C16H20N2O4. The SMILES string of the molecule is CCOC(=O)CNC(=O)C1CCCN1C(=O)c1ccccc1. The molecule has 6 heteroatoms. The summed E-state index contributed by atoms with van der Waals surface area (Å²) in [6, 6.07) is 8.35. The summed E-state index contributed by atoms with van der Waals surface area (Å²) in [5.41, 5.74) is 0.563. The third-order valence-corrected chi connectivity index (χ3v) is 3.55. The lowest BCUT2D eigenvalue weighted by Crippen LogP contribution is -2.47. The van der Waals surface area contributed by atoms with E-state index in [1.165, 1.54) is 0 Å². The number of carbonyl (C=O) groups is 3. The molecule has 1 aliphatic rings. The van der Waals surface area contributed by atoms with Crippen molar-refractivity contribution < 1.29 is 19.1 Å². The highest BCUT2D eigenvalue weighted by Crippen LogP contribution is 2.20. The molecule has 1 atom stereocenters.